The van der Waals surface area contributed by atoms with Gasteiger partial charge in [-0.05, 0) is 24.1 Å². The number of hydrogen-bond donors (Lipinski definition) is 1. The number of aliphatic carboxylic acids is 1. The zero-order valence-electron chi connectivity index (χ0n) is 9.04. The van der Waals surface area contributed by atoms with Crippen LogP contribution in [0, 0.1) is 6.92 Å². The van der Waals surface area contributed by atoms with E-state index < -0.39 is 19.0 Å². The van der Waals surface area contributed by atoms with Gasteiger partial charge in [0.2, 0.25) is 0 Å². The van der Waals surface area contributed by atoms with Gasteiger partial charge in [-0.25, -0.2) is 0 Å². The number of benzene rings is 1. The van der Waals surface area contributed by atoms with Crippen molar-refractivity contribution in [2.45, 2.75) is 25.8 Å². The normalized spacial score (nSPS) is 10.6. The van der Waals surface area contributed by atoms with Crippen LogP contribution >= 0.6 is 11.6 Å². The number of ether oxygens (including phenoxy) is 1. The zero-order valence-corrected chi connectivity index (χ0v) is 9.80. The lowest BCUT2D eigenvalue weighted by atomic mass is 10.0. The van der Waals surface area contributed by atoms with Crippen LogP contribution < -0.4 is 4.74 Å². The number of aryl methyl sites for hydroxylation is 1. The Balaban J connectivity index is 3.22. The molecule has 0 saturated carbocycles. The molecule has 0 amide bonds. The molecule has 17 heavy (non-hydrogen) atoms. The molecular formula is C11H11ClF2O3. The maximum atomic E-state index is 12.2. The molecule has 0 unspecified atom stereocenters. The lowest BCUT2D eigenvalue weighted by Gasteiger charge is -2.14. The van der Waals surface area contributed by atoms with Crippen molar-refractivity contribution in [1.29, 1.82) is 0 Å². The Morgan fingerprint density at radius 3 is 2.65 bits per heavy atom. The molecule has 0 bridgehead atoms. The molecule has 0 aliphatic carbocycles. The summed E-state index contributed by atoms with van der Waals surface area (Å²) in [5.74, 6) is -1.21. The van der Waals surface area contributed by atoms with Crippen LogP contribution in [0.5, 0.6) is 5.75 Å². The second kappa shape index (κ2) is 5.82. The Morgan fingerprint density at radius 2 is 2.18 bits per heavy atom. The molecule has 0 heterocycles. The molecule has 0 atom stereocenters. The number of carboxylic acid groups (broad SMARTS) is 1. The fourth-order valence-corrected chi connectivity index (χ4v) is 1.77. The highest BCUT2D eigenvalue weighted by Gasteiger charge is 2.16. The number of carboxylic acids is 1. The van der Waals surface area contributed by atoms with Crippen molar-refractivity contribution in [3.63, 3.8) is 0 Å². The van der Waals surface area contributed by atoms with Gasteiger partial charge in [-0.1, -0.05) is 6.07 Å². The van der Waals surface area contributed by atoms with E-state index in [-0.39, 0.29) is 17.2 Å². The highest BCUT2D eigenvalue weighted by Crippen LogP contribution is 2.28. The quantitative estimate of drug-likeness (QED) is 0.832. The largest absolute Gasteiger partial charge is 0.481 e. The van der Waals surface area contributed by atoms with E-state index in [0.29, 0.717) is 11.1 Å². The van der Waals surface area contributed by atoms with Gasteiger partial charge in [0.05, 0.1) is 6.42 Å². The first-order valence-electron chi connectivity index (χ1n) is 4.79. The summed E-state index contributed by atoms with van der Waals surface area (Å²) in [5, 5.41) is 8.73. The maximum Gasteiger partial charge on any atom is 0.387 e. The Bertz CT molecular complexity index is 421. The van der Waals surface area contributed by atoms with Gasteiger partial charge < -0.3 is 9.84 Å². The smallest absolute Gasteiger partial charge is 0.387 e. The van der Waals surface area contributed by atoms with E-state index in [1.807, 2.05) is 0 Å². The molecule has 3 nitrogen and oxygen atoms in total. The number of hydrogen-bond acceptors (Lipinski definition) is 2. The van der Waals surface area contributed by atoms with Gasteiger partial charge in [-0.3, -0.25) is 4.79 Å². The molecule has 0 aliphatic rings. The molecule has 0 aromatic heterocycles. The summed E-state index contributed by atoms with van der Waals surface area (Å²) in [7, 11) is 0. The number of alkyl halides is 3. The van der Waals surface area contributed by atoms with E-state index in [0.717, 1.165) is 0 Å². The van der Waals surface area contributed by atoms with Gasteiger partial charge in [0, 0.05) is 11.4 Å². The first kappa shape index (κ1) is 13.7. The van der Waals surface area contributed by atoms with Crippen LogP contribution in [0.1, 0.15) is 16.7 Å². The van der Waals surface area contributed by atoms with E-state index in [9.17, 15) is 13.6 Å². The Morgan fingerprint density at radius 1 is 1.53 bits per heavy atom. The summed E-state index contributed by atoms with van der Waals surface area (Å²) in [6, 6.07) is 3.03. The van der Waals surface area contributed by atoms with Crippen molar-refractivity contribution in [1.82, 2.24) is 0 Å². The lowest BCUT2D eigenvalue weighted by Crippen LogP contribution is -2.10. The molecule has 0 aliphatic heterocycles. The fourth-order valence-electron chi connectivity index (χ4n) is 1.53. The standard InChI is InChI=1S/C11H11ClF2O3/c1-6-2-7(5-12)8(4-10(15)16)9(3-6)17-11(13)14/h2-3,11H,4-5H2,1H3,(H,15,16). The molecule has 0 fully saturated rings. The SMILES string of the molecule is Cc1cc(CCl)c(CC(=O)O)c(OC(F)F)c1. The minimum atomic E-state index is -2.99. The van der Waals surface area contributed by atoms with Crippen LogP contribution in [0.3, 0.4) is 0 Å². The van der Waals surface area contributed by atoms with Crippen LogP contribution in [-0.4, -0.2) is 17.7 Å². The Hall–Kier alpha value is -1.36. The molecule has 1 aromatic carbocycles. The molecule has 0 spiro atoms. The fraction of sp³-hybridized carbons (Fsp3) is 0.364. The highest BCUT2D eigenvalue weighted by atomic mass is 35.5. The minimum absolute atomic E-state index is 0.0455. The van der Waals surface area contributed by atoms with E-state index in [1.54, 1.807) is 13.0 Å². The third-order valence-corrected chi connectivity index (χ3v) is 2.42. The van der Waals surface area contributed by atoms with Crippen LogP contribution in [0.15, 0.2) is 12.1 Å². The predicted molar refractivity (Wildman–Crippen MR) is 58.7 cm³/mol. The van der Waals surface area contributed by atoms with Crippen molar-refractivity contribution in [2.24, 2.45) is 0 Å². The summed E-state index contributed by atoms with van der Waals surface area (Å²) in [6.45, 7) is -1.30. The van der Waals surface area contributed by atoms with Gasteiger partial charge in [0.1, 0.15) is 5.75 Å². The van der Waals surface area contributed by atoms with Crippen molar-refractivity contribution in [2.75, 3.05) is 0 Å². The second-order valence-electron chi connectivity index (χ2n) is 3.48. The average Bonchev–Trinajstić information content (AvgIpc) is 2.20. The maximum absolute atomic E-state index is 12.2. The van der Waals surface area contributed by atoms with E-state index in [2.05, 4.69) is 4.74 Å². The van der Waals surface area contributed by atoms with Gasteiger partial charge in [0.15, 0.2) is 0 Å². The lowest BCUT2D eigenvalue weighted by molar-refractivity contribution is -0.136. The third kappa shape index (κ3) is 3.85. The topological polar surface area (TPSA) is 46.5 Å². The van der Waals surface area contributed by atoms with Gasteiger partial charge in [0.25, 0.3) is 0 Å². The molecular weight excluding hydrogens is 254 g/mol. The summed E-state index contributed by atoms with van der Waals surface area (Å²) in [5.41, 5.74) is 1.37. The molecule has 1 N–H and O–H groups in total. The number of carbonyl (C=O) groups is 1. The van der Waals surface area contributed by atoms with Crippen LogP contribution in [-0.2, 0) is 17.1 Å². The van der Waals surface area contributed by atoms with Crippen molar-refractivity contribution in [3.8, 4) is 5.75 Å². The van der Waals surface area contributed by atoms with Crippen molar-refractivity contribution < 1.29 is 23.4 Å². The second-order valence-corrected chi connectivity index (χ2v) is 3.75. The minimum Gasteiger partial charge on any atom is -0.481 e. The zero-order chi connectivity index (χ0) is 13.0. The van der Waals surface area contributed by atoms with Crippen molar-refractivity contribution in [3.05, 3.63) is 28.8 Å². The van der Waals surface area contributed by atoms with E-state index in [4.69, 9.17) is 16.7 Å². The van der Waals surface area contributed by atoms with Gasteiger partial charge in [-0.15, -0.1) is 11.6 Å². The molecule has 1 aromatic rings. The summed E-state index contributed by atoms with van der Waals surface area (Å²) < 4.78 is 28.7. The molecule has 6 heteroatoms. The molecule has 0 radical (unpaired) electrons. The van der Waals surface area contributed by atoms with Crippen LogP contribution in [0.2, 0.25) is 0 Å². The third-order valence-electron chi connectivity index (χ3n) is 2.13. The summed E-state index contributed by atoms with van der Waals surface area (Å²) >= 11 is 5.66. The molecule has 0 saturated heterocycles. The molecule has 1 rings (SSSR count). The summed E-state index contributed by atoms with van der Waals surface area (Å²) in [4.78, 5) is 10.7. The average molecular weight is 265 g/mol. The monoisotopic (exact) mass is 264 g/mol. The number of halogens is 3. The summed E-state index contributed by atoms with van der Waals surface area (Å²) in [6.07, 6.45) is -0.398. The number of rotatable bonds is 5. The van der Waals surface area contributed by atoms with Crippen molar-refractivity contribution >= 4 is 17.6 Å². The Labute approximate surface area is 102 Å². The van der Waals surface area contributed by atoms with Gasteiger partial charge in [-0.2, -0.15) is 8.78 Å². The Kier molecular flexibility index (Phi) is 4.69. The van der Waals surface area contributed by atoms with E-state index >= 15 is 0 Å². The first-order valence-corrected chi connectivity index (χ1v) is 5.32. The first-order chi connectivity index (χ1) is 7.93. The highest BCUT2D eigenvalue weighted by molar-refractivity contribution is 6.17. The van der Waals surface area contributed by atoms with E-state index in [1.165, 1.54) is 6.07 Å². The van der Waals surface area contributed by atoms with Crippen LogP contribution in [0.25, 0.3) is 0 Å². The van der Waals surface area contributed by atoms with Crippen LogP contribution in [0.4, 0.5) is 8.78 Å². The molecule has 94 valence electrons. The predicted octanol–water partition coefficient (Wildman–Crippen LogP) is 2.96. The van der Waals surface area contributed by atoms with Gasteiger partial charge >= 0.3 is 12.6 Å².